The Bertz CT molecular complexity index is 1380. The molecule has 6 nitrogen and oxygen atoms in total. The fourth-order valence-corrected chi connectivity index (χ4v) is 4.31. The summed E-state index contributed by atoms with van der Waals surface area (Å²) in [6.07, 6.45) is 0.577. The molecule has 166 valence electrons. The lowest BCUT2D eigenvalue weighted by atomic mass is 10.1. The molecule has 0 spiro atoms. The van der Waals surface area contributed by atoms with E-state index in [1.165, 1.54) is 12.1 Å². The van der Waals surface area contributed by atoms with Crippen LogP contribution in [-0.4, -0.2) is 46.1 Å². The molecule has 2 amide bonds. The molecule has 1 saturated heterocycles. The Labute approximate surface area is 194 Å². The first-order chi connectivity index (χ1) is 15.9. The second kappa shape index (κ2) is 8.33. The summed E-state index contributed by atoms with van der Waals surface area (Å²) >= 11 is 6.44. The first-order valence-electron chi connectivity index (χ1n) is 10.5. The number of benzene rings is 3. The normalized spacial score (nSPS) is 15.9. The number of amides is 2. The highest BCUT2D eigenvalue weighted by atomic mass is 35.5. The van der Waals surface area contributed by atoms with E-state index in [1.54, 1.807) is 47.0 Å². The number of hydrogen-bond donors (Lipinski definition) is 1. The molecular weight excluding hydrogens is 443 g/mol. The molecule has 8 heteroatoms. The van der Waals surface area contributed by atoms with Crippen molar-refractivity contribution in [3.63, 3.8) is 0 Å². The van der Waals surface area contributed by atoms with Crippen LogP contribution in [0.5, 0.6) is 0 Å². The van der Waals surface area contributed by atoms with Gasteiger partial charge in [-0.1, -0.05) is 29.8 Å². The highest BCUT2D eigenvalue weighted by Crippen LogP contribution is 2.34. The monoisotopic (exact) mass is 462 g/mol. The summed E-state index contributed by atoms with van der Waals surface area (Å²) in [7, 11) is 1.72. The van der Waals surface area contributed by atoms with Crippen molar-refractivity contribution < 1.29 is 14.0 Å². The molecule has 0 bridgehead atoms. The number of nitrogens with zero attached hydrogens (tertiary/aromatic N) is 3. The van der Waals surface area contributed by atoms with Gasteiger partial charge >= 0.3 is 0 Å². The molecule has 1 N–H and O–H groups in total. The van der Waals surface area contributed by atoms with Crippen molar-refractivity contribution in [2.75, 3.05) is 13.6 Å². The summed E-state index contributed by atoms with van der Waals surface area (Å²) in [5.41, 5.74) is 3.11. The van der Waals surface area contributed by atoms with Gasteiger partial charge in [0.15, 0.2) is 0 Å². The molecule has 3 aromatic carbocycles. The minimum atomic E-state index is -0.529. The maximum atomic E-state index is 13.5. The molecule has 1 unspecified atom stereocenters. The second-order valence-corrected chi connectivity index (χ2v) is 8.43. The van der Waals surface area contributed by atoms with Gasteiger partial charge in [0.1, 0.15) is 17.6 Å². The van der Waals surface area contributed by atoms with Gasteiger partial charge in [-0.25, -0.2) is 9.07 Å². The topological polar surface area (TPSA) is 67.2 Å². The fraction of sp³-hybridized carbons (Fsp3) is 0.160. The van der Waals surface area contributed by atoms with Crippen LogP contribution in [-0.2, 0) is 4.79 Å². The third-order valence-electron chi connectivity index (χ3n) is 5.88. The van der Waals surface area contributed by atoms with Gasteiger partial charge in [0.2, 0.25) is 5.91 Å². The Morgan fingerprint density at radius 2 is 1.88 bits per heavy atom. The number of fused-ring (bicyclic) bond motifs is 1. The fourth-order valence-electron chi connectivity index (χ4n) is 4.09. The third-order valence-corrected chi connectivity index (χ3v) is 6.21. The SMILES string of the molecule is CN1CCC(NC(=O)c2ccc3c(-c4ccccc4Cl)nn(-c4ccc(F)cc4)c3c2)C1=O. The second-order valence-electron chi connectivity index (χ2n) is 8.02. The smallest absolute Gasteiger partial charge is 0.252 e. The van der Waals surface area contributed by atoms with Gasteiger partial charge in [-0.05, 0) is 55.0 Å². The summed E-state index contributed by atoms with van der Waals surface area (Å²) < 4.78 is 15.2. The van der Waals surface area contributed by atoms with E-state index in [9.17, 15) is 14.0 Å². The van der Waals surface area contributed by atoms with Gasteiger partial charge in [0, 0.05) is 30.1 Å². The molecule has 1 atom stereocenters. The van der Waals surface area contributed by atoms with Crippen molar-refractivity contribution in [3.8, 4) is 16.9 Å². The average molecular weight is 463 g/mol. The Morgan fingerprint density at radius 3 is 2.58 bits per heavy atom. The van der Waals surface area contributed by atoms with Gasteiger partial charge in [-0.3, -0.25) is 9.59 Å². The molecule has 0 saturated carbocycles. The van der Waals surface area contributed by atoms with E-state index in [0.717, 1.165) is 10.9 Å². The number of halogens is 2. The predicted molar refractivity (Wildman–Crippen MR) is 125 cm³/mol. The minimum Gasteiger partial charge on any atom is -0.344 e. The van der Waals surface area contributed by atoms with Gasteiger partial charge in [0.25, 0.3) is 5.91 Å². The van der Waals surface area contributed by atoms with Crippen LogP contribution in [0.4, 0.5) is 4.39 Å². The van der Waals surface area contributed by atoms with Crippen LogP contribution in [0.15, 0.2) is 66.7 Å². The number of likely N-dealkylation sites (N-methyl/N-ethyl adjacent to an activating group) is 1. The summed E-state index contributed by atoms with van der Waals surface area (Å²) in [6.45, 7) is 0.612. The van der Waals surface area contributed by atoms with E-state index in [1.807, 2.05) is 24.3 Å². The molecule has 1 aliphatic rings. The molecule has 0 radical (unpaired) electrons. The average Bonchev–Trinajstić information content (AvgIpc) is 3.35. The summed E-state index contributed by atoms with van der Waals surface area (Å²) in [5.74, 6) is -0.786. The maximum absolute atomic E-state index is 13.5. The lowest BCUT2D eigenvalue weighted by molar-refractivity contribution is -0.128. The minimum absolute atomic E-state index is 0.0956. The van der Waals surface area contributed by atoms with E-state index in [2.05, 4.69) is 5.32 Å². The van der Waals surface area contributed by atoms with E-state index in [0.29, 0.717) is 40.4 Å². The zero-order chi connectivity index (χ0) is 23.1. The first kappa shape index (κ1) is 21.2. The van der Waals surface area contributed by atoms with E-state index >= 15 is 0 Å². The number of rotatable bonds is 4. The van der Waals surface area contributed by atoms with Crippen molar-refractivity contribution in [1.82, 2.24) is 20.0 Å². The van der Waals surface area contributed by atoms with Crippen molar-refractivity contribution in [3.05, 3.63) is 83.1 Å². The highest BCUT2D eigenvalue weighted by molar-refractivity contribution is 6.33. The maximum Gasteiger partial charge on any atom is 0.252 e. The molecule has 33 heavy (non-hydrogen) atoms. The molecule has 1 fully saturated rings. The molecule has 1 aromatic heterocycles. The highest BCUT2D eigenvalue weighted by Gasteiger charge is 2.30. The van der Waals surface area contributed by atoms with Crippen LogP contribution >= 0.6 is 11.6 Å². The molecule has 0 aliphatic carbocycles. The van der Waals surface area contributed by atoms with Crippen LogP contribution in [0.25, 0.3) is 27.8 Å². The van der Waals surface area contributed by atoms with Crippen LogP contribution in [0, 0.1) is 5.82 Å². The number of aromatic nitrogens is 2. The number of nitrogens with one attached hydrogen (secondary N) is 1. The standard InChI is InChI=1S/C25H20ClFN4O2/c1-30-13-12-21(25(30)33)28-24(32)15-6-11-19-22(14-15)31(17-9-7-16(27)8-10-17)29-23(19)18-4-2-3-5-20(18)26/h2-11,14,21H,12-13H2,1H3,(H,28,32). The summed E-state index contributed by atoms with van der Waals surface area (Å²) in [4.78, 5) is 26.7. The van der Waals surface area contributed by atoms with E-state index in [4.69, 9.17) is 16.7 Å². The van der Waals surface area contributed by atoms with Crippen LogP contribution in [0.2, 0.25) is 5.02 Å². The third kappa shape index (κ3) is 3.85. The van der Waals surface area contributed by atoms with Gasteiger partial charge < -0.3 is 10.2 Å². The van der Waals surface area contributed by atoms with Crippen molar-refractivity contribution in [2.24, 2.45) is 0 Å². The first-order valence-corrected chi connectivity index (χ1v) is 10.9. The Hall–Kier alpha value is -3.71. The van der Waals surface area contributed by atoms with E-state index in [-0.39, 0.29) is 17.6 Å². The number of hydrogen-bond acceptors (Lipinski definition) is 3. The quantitative estimate of drug-likeness (QED) is 0.487. The van der Waals surface area contributed by atoms with Gasteiger partial charge in [0.05, 0.1) is 16.2 Å². The van der Waals surface area contributed by atoms with Crippen LogP contribution < -0.4 is 5.32 Å². The van der Waals surface area contributed by atoms with Crippen molar-refractivity contribution >= 4 is 34.3 Å². The molecular formula is C25H20ClFN4O2. The van der Waals surface area contributed by atoms with E-state index < -0.39 is 6.04 Å². The number of carbonyl (C=O) groups is 2. The van der Waals surface area contributed by atoms with Crippen molar-refractivity contribution in [2.45, 2.75) is 12.5 Å². The summed E-state index contributed by atoms with van der Waals surface area (Å²) in [5, 5.41) is 8.93. The molecule has 1 aliphatic heterocycles. The largest absolute Gasteiger partial charge is 0.344 e. The zero-order valence-corrected chi connectivity index (χ0v) is 18.5. The van der Waals surface area contributed by atoms with Gasteiger partial charge in [-0.15, -0.1) is 0 Å². The Balaban J connectivity index is 1.61. The number of likely N-dealkylation sites (tertiary alicyclic amines) is 1. The lowest BCUT2D eigenvalue weighted by Gasteiger charge is -2.12. The number of carbonyl (C=O) groups excluding carboxylic acids is 2. The predicted octanol–water partition coefficient (Wildman–Crippen LogP) is 4.45. The Kier molecular flexibility index (Phi) is 5.34. The summed E-state index contributed by atoms with van der Waals surface area (Å²) in [6, 6.07) is 18.1. The van der Waals surface area contributed by atoms with Gasteiger partial charge in [-0.2, -0.15) is 5.10 Å². The zero-order valence-electron chi connectivity index (χ0n) is 17.8. The van der Waals surface area contributed by atoms with Crippen LogP contribution in [0.3, 0.4) is 0 Å². The van der Waals surface area contributed by atoms with Crippen molar-refractivity contribution in [1.29, 1.82) is 0 Å². The molecule has 2 heterocycles. The lowest BCUT2D eigenvalue weighted by Crippen LogP contribution is -2.40. The molecule has 5 rings (SSSR count). The Morgan fingerprint density at radius 1 is 1.12 bits per heavy atom. The molecule has 4 aromatic rings. The van der Waals surface area contributed by atoms with Crippen LogP contribution in [0.1, 0.15) is 16.8 Å².